The standard InChI is InChI=1S/C11H23NO/c1-4-13-9-11(3)8-10(2)6-5-7-12/h8,11H,4-7,9,12H2,1-3H3/b10-8-. The van der Waals surface area contributed by atoms with Crippen molar-refractivity contribution in [1.82, 2.24) is 0 Å². The highest BCUT2D eigenvalue weighted by molar-refractivity contribution is 5.00. The van der Waals surface area contributed by atoms with E-state index in [2.05, 4.69) is 19.9 Å². The molecular formula is C11H23NO. The van der Waals surface area contributed by atoms with E-state index >= 15 is 0 Å². The zero-order valence-corrected chi connectivity index (χ0v) is 9.18. The van der Waals surface area contributed by atoms with Gasteiger partial charge in [0, 0.05) is 6.61 Å². The van der Waals surface area contributed by atoms with Gasteiger partial charge in [-0.15, -0.1) is 0 Å². The average Bonchev–Trinajstić information content (AvgIpc) is 2.11. The van der Waals surface area contributed by atoms with E-state index in [0.717, 1.165) is 32.6 Å². The number of allylic oxidation sites excluding steroid dienone is 1. The first kappa shape index (κ1) is 12.7. The van der Waals surface area contributed by atoms with Crippen LogP contribution in [0.15, 0.2) is 11.6 Å². The summed E-state index contributed by atoms with van der Waals surface area (Å²) in [5.41, 5.74) is 6.86. The van der Waals surface area contributed by atoms with Gasteiger partial charge in [-0.05, 0) is 39.2 Å². The highest BCUT2D eigenvalue weighted by atomic mass is 16.5. The van der Waals surface area contributed by atoms with Gasteiger partial charge in [0.15, 0.2) is 0 Å². The number of hydrogen-bond acceptors (Lipinski definition) is 2. The van der Waals surface area contributed by atoms with Crippen molar-refractivity contribution >= 4 is 0 Å². The predicted octanol–water partition coefficient (Wildman–Crippen LogP) is 2.34. The van der Waals surface area contributed by atoms with Gasteiger partial charge in [-0.25, -0.2) is 0 Å². The molecule has 0 amide bonds. The molecule has 0 heterocycles. The van der Waals surface area contributed by atoms with E-state index in [1.165, 1.54) is 5.57 Å². The average molecular weight is 185 g/mol. The summed E-state index contributed by atoms with van der Waals surface area (Å²) in [6.07, 6.45) is 4.49. The fourth-order valence-corrected chi connectivity index (χ4v) is 1.30. The van der Waals surface area contributed by atoms with E-state index in [1.54, 1.807) is 0 Å². The van der Waals surface area contributed by atoms with Crippen LogP contribution >= 0.6 is 0 Å². The number of ether oxygens (including phenoxy) is 1. The van der Waals surface area contributed by atoms with E-state index in [1.807, 2.05) is 6.92 Å². The molecule has 0 aromatic heterocycles. The van der Waals surface area contributed by atoms with Crippen molar-refractivity contribution < 1.29 is 4.74 Å². The molecule has 0 aromatic rings. The van der Waals surface area contributed by atoms with Crippen LogP contribution in [0.5, 0.6) is 0 Å². The van der Waals surface area contributed by atoms with Crippen molar-refractivity contribution in [2.24, 2.45) is 11.7 Å². The van der Waals surface area contributed by atoms with E-state index < -0.39 is 0 Å². The van der Waals surface area contributed by atoms with Gasteiger partial charge in [0.05, 0.1) is 6.61 Å². The molecule has 2 nitrogen and oxygen atoms in total. The maximum Gasteiger partial charge on any atom is 0.0526 e. The summed E-state index contributed by atoms with van der Waals surface area (Å²) < 4.78 is 5.33. The van der Waals surface area contributed by atoms with Gasteiger partial charge >= 0.3 is 0 Å². The Morgan fingerprint density at radius 2 is 2.23 bits per heavy atom. The van der Waals surface area contributed by atoms with Crippen LogP contribution in [0.3, 0.4) is 0 Å². The normalized spacial score (nSPS) is 14.6. The Morgan fingerprint density at radius 3 is 2.77 bits per heavy atom. The lowest BCUT2D eigenvalue weighted by atomic mass is 10.1. The summed E-state index contributed by atoms with van der Waals surface area (Å²) in [5, 5.41) is 0. The lowest BCUT2D eigenvalue weighted by Gasteiger charge is -2.08. The van der Waals surface area contributed by atoms with Crippen molar-refractivity contribution in [1.29, 1.82) is 0 Å². The second-order valence-electron chi connectivity index (χ2n) is 3.54. The van der Waals surface area contributed by atoms with Crippen molar-refractivity contribution in [2.45, 2.75) is 33.6 Å². The van der Waals surface area contributed by atoms with Crippen LogP contribution in [0.4, 0.5) is 0 Å². The summed E-state index contributed by atoms with van der Waals surface area (Å²) >= 11 is 0. The minimum Gasteiger partial charge on any atom is -0.381 e. The number of rotatable bonds is 7. The molecule has 2 heteroatoms. The highest BCUT2D eigenvalue weighted by Gasteiger charge is 1.98. The third kappa shape index (κ3) is 8.00. The van der Waals surface area contributed by atoms with Crippen LogP contribution in [0.1, 0.15) is 33.6 Å². The fourth-order valence-electron chi connectivity index (χ4n) is 1.30. The lowest BCUT2D eigenvalue weighted by Crippen LogP contribution is -2.04. The van der Waals surface area contributed by atoms with Crippen LogP contribution < -0.4 is 5.73 Å². The molecule has 78 valence electrons. The van der Waals surface area contributed by atoms with Crippen molar-refractivity contribution in [3.8, 4) is 0 Å². The van der Waals surface area contributed by atoms with Crippen LogP contribution in [0.2, 0.25) is 0 Å². The van der Waals surface area contributed by atoms with Crippen molar-refractivity contribution in [3.05, 3.63) is 11.6 Å². The molecule has 0 fully saturated rings. The highest BCUT2D eigenvalue weighted by Crippen LogP contribution is 2.08. The van der Waals surface area contributed by atoms with E-state index in [4.69, 9.17) is 10.5 Å². The van der Waals surface area contributed by atoms with Gasteiger partial charge in [-0.1, -0.05) is 18.6 Å². The van der Waals surface area contributed by atoms with Crippen molar-refractivity contribution in [3.63, 3.8) is 0 Å². The Morgan fingerprint density at radius 1 is 1.54 bits per heavy atom. The molecule has 0 radical (unpaired) electrons. The van der Waals surface area contributed by atoms with Gasteiger partial charge < -0.3 is 10.5 Å². The molecule has 0 aliphatic heterocycles. The van der Waals surface area contributed by atoms with E-state index in [-0.39, 0.29) is 0 Å². The smallest absolute Gasteiger partial charge is 0.0526 e. The Kier molecular flexibility index (Phi) is 8.05. The third-order valence-corrected chi connectivity index (χ3v) is 1.93. The summed E-state index contributed by atoms with van der Waals surface area (Å²) in [5.74, 6) is 0.526. The molecule has 0 aliphatic rings. The predicted molar refractivity (Wildman–Crippen MR) is 57.7 cm³/mol. The molecule has 1 unspecified atom stereocenters. The number of nitrogens with two attached hydrogens (primary N) is 1. The van der Waals surface area contributed by atoms with E-state index in [0.29, 0.717) is 5.92 Å². The minimum atomic E-state index is 0.526. The van der Waals surface area contributed by atoms with Crippen LogP contribution in [0, 0.1) is 5.92 Å². The second-order valence-corrected chi connectivity index (χ2v) is 3.54. The first-order chi connectivity index (χ1) is 6.20. The van der Waals surface area contributed by atoms with Crippen LogP contribution in [-0.2, 0) is 4.74 Å². The van der Waals surface area contributed by atoms with Crippen LogP contribution in [-0.4, -0.2) is 19.8 Å². The molecule has 1 atom stereocenters. The first-order valence-corrected chi connectivity index (χ1v) is 5.15. The van der Waals surface area contributed by atoms with Crippen LogP contribution in [0.25, 0.3) is 0 Å². The summed E-state index contributed by atoms with van der Waals surface area (Å²) in [6.45, 7) is 8.79. The van der Waals surface area contributed by atoms with Gasteiger partial charge in [-0.3, -0.25) is 0 Å². The molecule has 0 aromatic carbocycles. The molecule has 0 bridgehead atoms. The zero-order valence-electron chi connectivity index (χ0n) is 9.18. The maximum atomic E-state index is 5.44. The SMILES string of the molecule is CCOCC(C)/C=C(/C)CCCN. The quantitative estimate of drug-likeness (QED) is 0.618. The van der Waals surface area contributed by atoms with Gasteiger partial charge in [0.1, 0.15) is 0 Å². The first-order valence-electron chi connectivity index (χ1n) is 5.15. The number of hydrogen-bond donors (Lipinski definition) is 1. The van der Waals surface area contributed by atoms with Gasteiger partial charge in [0.25, 0.3) is 0 Å². The fraction of sp³-hybridized carbons (Fsp3) is 0.818. The van der Waals surface area contributed by atoms with Crippen molar-refractivity contribution in [2.75, 3.05) is 19.8 Å². The third-order valence-electron chi connectivity index (χ3n) is 1.93. The minimum absolute atomic E-state index is 0.526. The Labute approximate surface area is 82.2 Å². The molecule has 13 heavy (non-hydrogen) atoms. The molecule has 0 rings (SSSR count). The molecule has 0 spiro atoms. The molecule has 0 saturated heterocycles. The Bertz CT molecular complexity index is 143. The molecule has 2 N–H and O–H groups in total. The second kappa shape index (κ2) is 8.27. The lowest BCUT2D eigenvalue weighted by molar-refractivity contribution is 0.129. The van der Waals surface area contributed by atoms with Gasteiger partial charge in [-0.2, -0.15) is 0 Å². The summed E-state index contributed by atoms with van der Waals surface area (Å²) in [7, 11) is 0. The topological polar surface area (TPSA) is 35.2 Å². The zero-order chi connectivity index (χ0) is 10.1. The largest absolute Gasteiger partial charge is 0.381 e. The maximum absolute atomic E-state index is 5.44. The summed E-state index contributed by atoms with van der Waals surface area (Å²) in [6, 6.07) is 0. The van der Waals surface area contributed by atoms with Gasteiger partial charge in [0.2, 0.25) is 0 Å². The monoisotopic (exact) mass is 185 g/mol. The molecule has 0 saturated carbocycles. The summed E-state index contributed by atoms with van der Waals surface area (Å²) in [4.78, 5) is 0. The molecule has 0 aliphatic carbocycles. The van der Waals surface area contributed by atoms with E-state index in [9.17, 15) is 0 Å². The Balaban J connectivity index is 3.63. The molecular weight excluding hydrogens is 162 g/mol. The Hall–Kier alpha value is -0.340.